The van der Waals surface area contributed by atoms with Crippen molar-refractivity contribution in [3.8, 4) is 0 Å². The molecule has 1 aliphatic heterocycles. The van der Waals surface area contributed by atoms with E-state index >= 15 is 0 Å². The van der Waals surface area contributed by atoms with Gasteiger partial charge in [-0.15, -0.1) is 0 Å². The van der Waals surface area contributed by atoms with Crippen LogP contribution in [0.1, 0.15) is 13.3 Å². The fraction of sp³-hybridized carbons (Fsp3) is 1.00. The fourth-order valence-corrected chi connectivity index (χ4v) is 1.28. The van der Waals surface area contributed by atoms with Gasteiger partial charge in [0.1, 0.15) is 0 Å². The molecule has 0 radical (unpaired) electrons. The zero-order valence-electron chi connectivity index (χ0n) is 3.81. The summed E-state index contributed by atoms with van der Waals surface area (Å²) in [6.07, 6.45) is 1.74. The predicted molar refractivity (Wildman–Crippen MR) is 27.6 cm³/mol. The summed E-state index contributed by atoms with van der Waals surface area (Å²) < 4.78 is 5.07. The molecule has 6 heavy (non-hydrogen) atoms. The van der Waals surface area contributed by atoms with Crippen LogP contribution in [0.3, 0.4) is 0 Å². The minimum Gasteiger partial charge on any atom is -0.312 e. The highest BCUT2D eigenvalue weighted by molar-refractivity contribution is 7.94. The third-order valence-corrected chi connectivity index (χ3v) is 1.71. The van der Waals surface area contributed by atoms with Gasteiger partial charge in [0.2, 0.25) is 0 Å². The largest absolute Gasteiger partial charge is 0.312 e. The van der Waals surface area contributed by atoms with Gasteiger partial charge in [-0.05, 0) is 25.4 Å². The molecule has 1 rings (SSSR count). The van der Waals surface area contributed by atoms with E-state index in [0.29, 0.717) is 6.10 Å². The summed E-state index contributed by atoms with van der Waals surface area (Å²) in [5, 5.41) is 0. The van der Waals surface area contributed by atoms with Crippen molar-refractivity contribution in [2.45, 2.75) is 19.4 Å². The lowest BCUT2D eigenvalue weighted by Gasteiger charge is -1.92. The minimum atomic E-state index is 0.509. The SMILES string of the molecule is CC1CCSO1. The summed E-state index contributed by atoms with van der Waals surface area (Å²) >= 11 is 1.58. The molecule has 1 nitrogen and oxygen atoms in total. The van der Waals surface area contributed by atoms with Crippen molar-refractivity contribution in [2.75, 3.05) is 5.75 Å². The van der Waals surface area contributed by atoms with E-state index in [0.717, 1.165) is 0 Å². The van der Waals surface area contributed by atoms with Crippen molar-refractivity contribution in [3.05, 3.63) is 0 Å². The molecule has 0 aromatic carbocycles. The third kappa shape index (κ3) is 0.884. The Bertz CT molecular complexity index is 40.8. The summed E-state index contributed by atoms with van der Waals surface area (Å²) in [5.41, 5.74) is 0. The van der Waals surface area contributed by atoms with Gasteiger partial charge < -0.3 is 4.18 Å². The van der Waals surface area contributed by atoms with Crippen LogP contribution in [0.15, 0.2) is 0 Å². The van der Waals surface area contributed by atoms with Crippen LogP contribution in [0.4, 0.5) is 0 Å². The smallest absolute Gasteiger partial charge is 0.0702 e. The van der Waals surface area contributed by atoms with E-state index in [1.54, 1.807) is 12.0 Å². The lowest BCUT2D eigenvalue weighted by Crippen LogP contribution is -1.92. The molecule has 0 N–H and O–H groups in total. The Morgan fingerprint density at radius 1 is 1.83 bits per heavy atom. The van der Waals surface area contributed by atoms with Crippen LogP contribution in [0.25, 0.3) is 0 Å². The molecular formula is C4H8OS. The third-order valence-electron chi connectivity index (χ3n) is 0.840. The Labute approximate surface area is 42.3 Å². The monoisotopic (exact) mass is 104 g/mol. The molecule has 0 saturated carbocycles. The summed E-state index contributed by atoms with van der Waals surface area (Å²) in [4.78, 5) is 0. The molecule has 0 bridgehead atoms. The summed E-state index contributed by atoms with van der Waals surface area (Å²) in [6.45, 7) is 2.10. The molecule has 1 aliphatic rings. The Kier molecular flexibility index (Phi) is 1.37. The van der Waals surface area contributed by atoms with Gasteiger partial charge >= 0.3 is 0 Å². The van der Waals surface area contributed by atoms with Crippen molar-refractivity contribution in [1.29, 1.82) is 0 Å². The average molecular weight is 104 g/mol. The molecule has 0 amide bonds. The molecule has 1 heterocycles. The Hall–Kier alpha value is 0.310. The zero-order valence-corrected chi connectivity index (χ0v) is 4.62. The van der Waals surface area contributed by atoms with Crippen molar-refractivity contribution in [3.63, 3.8) is 0 Å². The number of hydrogen-bond acceptors (Lipinski definition) is 2. The van der Waals surface area contributed by atoms with Gasteiger partial charge in [0, 0.05) is 5.75 Å². The van der Waals surface area contributed by atoms with Gasteiger partial charge in [0.25, 0.3) is 0 Å². The highest BCUT2D eigenvalue weighted by Gasteiger charge is 2.08. The molecule has 1 unspecified atom stereocenters. The zero-order chi connectivity index (χ0) is 4.41. The van der Waals surface area contributed by atoms with Gasteiger partial charge in [-0.2, -0.15) is 0 Å². The normalized spacial score (nSPS) is 34.5. The van der Waals surface area contributed by atoms with E-state index < -0.39 is 0 Å². The maximum Gasteiger partial charge on any atom is 0.0702 e. The molecule has 1 atom stereocenters. The van der Waals surface area contributed by atoms with Crippen molar-refractivity contribution in [2.24, 2.45) is 0 Å². The Morgan fingerprint density at radius 2 is 2.67 bits per heavy atom. The van der Waals surface area contributed by atoms with Crippen LogP contribution in [0.5, 0.6) is 0 Å². The van der Waals surface area contributed by atoms with Crippen molar-refractivity contribution in [1.82, 2.24) is 0 Å². The second kappa shape index (κ2) is 1.85. The maximum absolute atomic E-state index is 5.07. The maximum atomic E-state index is 5.07. The van der Waals surface area contributed by atoms with Crippen LogP contribution < -0.4 is 0 Å². The average Bonchev–Trinajstić information content (AvgIpc) is 1.86. The van der Waals surface area contributed by atoms with E-state index in [1.807, 2.05) is 0 Å². The van der Waals surface area contributed by atoms with Gasteiger partial charge in [0.05, 0.1) is 6.10 Å². The first kappa shape index (κ1) is 4.47. The summed E-state index contributed by atoms with van der Waals surface area (Å²) in [6, 6.07) is 0. The highest BCUT2D eigenvalue weighted by Crippen LogP contribution is 2.19. The highest BCUT2D eigenvalue weighted by atomic mass is 32.2. The second-order valence-corrected chi connectivity index (χ2v) is 2.35. The predicted octanol–water partition coefficient (Wildman–Crippen LogP) is 1.44. The molecular weight excluding hydrogens is 96.1 g/mol. The second-order valence-electron chi connectivity index (χ2n) is 1.52. The molecule has 0 aromatic rings. The van der Waals surface area contributed by atoms with Gasteiger partial charge in [-0.1, -0.05) is 0 Å². The van der Waals surface area contributed by atoms with Crippen LogP contribution >= 0.6 is 12.0 Å². The van der Waals surface area contributed by atoms with Crippen molar-refractivity contribution < 1.29 is 4.18 Å². The lowest BCUT2D eigenvalue weighted by molar-refractivity contribution is 0.287. The quantitative estimate of drug-likeness (QED) is 0.430. The topological polar surface area (TPSA) is 9.23 Å². The summed E-state index contributed by atoms with van der Waals surface area (Å²) in [5.74, 6) is 1.18. The summed E-state index contributed by atoms with van der Waals surface area (Å²) in [7, 11) is 0. The first-order valence-corrected chi connectivity index (χ1v) is 3.09. The molecule has 36 valence electrons. The minimum absolute atomic E-state index is 0.509. The van der Waals surface area contributed by atoms with E-state index in [4.69, 9.17) is 4.18 Å². The number of rotatable bonds is 0. The van der Waals surface area contributed by atoms with E-state index in [9.17, 15) is 0 Å². The van der Waals surface area contributed by atoms with Gasteiger partial charge in [-0.25, -0.2) is 0 Å². The molecule has 2 heteroatoms. The molecule has 0 aliphatic carbocycles. The van der Waals surface area contributed by atoms with Crippen LogP contribution in [0, 0.1) is 0 Å². The van der Waals surface area contributed by atoms with E-state index in [2.05, 4.69) is 6.92 Å². The van der Waals surface area contributed by atoms with Crippen molar-refractivity contribution >= 4 is 12.0 Å². The van der Waals surface area contributed by atoms with E-state index in [1.165, 1.54) is 12.2 Å². The standard InChI is InChI=1S/C4H8OS/c1-4-2-3-6-5-4/h4H,2-3H2,1H3. The molecule has 1 fully saturated rings. The first-order chi connectivity index (χ1) is 2.89. The van der Waals surface area contributed by atoms with Gasteiger partial charge in [0.15, 0.2) is 0 Å². The Morgan fingerprint density at radius 3 is 2.83 bits per heavy atom. The van der Waals surface area contributed by atoms with Crippen LogP contribution in [-0.4, -0.2) is 11.9 Å². The fourth-order valence-electron chi connectivity index (χ4n) is 0.426. The number of hydrogen-bond donors (Lipinski definition) is 0. The molecule has 0 spiro atoms. The molecule has 0 aromatic heterocycles. The van der Waals surface area contributed by atoms with Gasteiger partial charge in [-0.3, -0.25) is 0 Å². The first-order valence-electron chi connectivity index (χ1n) is 2.18. The van der Waals surface area contributed by atoms with E-state index in [-0.39, 0.29) is 0 Å². The van der Waals surface area contributed by atoms with Crippen LogP contribution in [-0.2, 0) is 4.18 Å². The van der Waals surface area contributed by atoms with Crippen LogP contribution in [0.2, 0.25) is 0 Å². The molecule has 1 saturated heterocycles. The Balaban J connectivity index is 2.18. The lowest BCUT2D eigenvalue weighted by atomic mass is 10.3.